The maximum absolute atomic E-state index is 12.3. The van der Waals surface area contributed by atoms with E-state index in [4.69, 9.17) is 34.8 Å². The molecule has 146 valence electrons. The third-order valence-electron chi connectivity index (χ3n) is 3.85. The van der Waals surface area contributed by atoms with Crippen molar-refractivity contribution in [1.29, 1.82) is 0 Å². The second-order valence-electron chi connectivity index (χ2n) is 5.80. The number of rotatable bonds is 6. The normalized spacial score (nSPS) is 10.9. The molecule has 3 aromatic rings. The Hall–Kier alpha value is -2.62. The summed E-state index contributed by atoms with van der Waals surface area (Å²) in [7, 11) is 0. The van der Waals surface area contributed by atoms with Crippen molar-refractivity contribution in [3.63, 3.8) is 0 Å². The number of benzene rings is 1. The molecule has 2 aromatic heterocycles. The zero-order valence-corrected chi connectivity index (χ0v) is 16.7. The molecule has 0 fully saturated rings. The molecule has 0 unspecified atom stereocenters. The molecular formula is C16H13Cl3N6O3. The summed E-state index contributed by atoms with van der Waals surface area (Å²) in [6.07, 6.45) is 1.56. The SMILES string of the molecule is Cc1c(Cl)c([N+](=O)[O-])nn1CC(=O)Nc1nn(Cc2ccccc2Cl)cc1Cl. The standard InChI is InChI=1S/C16H13Cl3N6O3/c1-9-14(19)16(25(27)28)22-24(9)8-13(26)20-15-12(18)7-23(21-15)6-10-4-2-3-5-11(10)17/h2-5,7H,6,8H2,1H3,(H,20,21,26). The molecule has 3 rings (SSSR count). The zero-order valence-electron chi connectivity index (χ0n) is 14.4. The number of aromatic nitrogens is 4. The van der Waals surface area contributed by atoms with Crippen LogP contribution in [0.3, 0.4) is 0 Å². The van der Waals surface area contributed by atoms with Crippen molar-refractivity contribution in [3.8, 4) is 0 Å². The van der Waals surface area contributed by atoms with Crippen LogP contribution in [0.25, 0.3) is 0 Å². The van der Waals surface area contributed by atoms with Crippen molar-refractivity contribution < 1.29 is 9.72 Å². The van der Waals surface area contributed by atoms with Crippen LogP contribution < -0.4 is 5.32 Å². The van der Waals surface area contributed by atoms with Crippen LogP contribution in [-0.2, 0) is 17.9 Å². The van der Waals surface area contributed by atoms with Gasteiger partial charge in [0, 0.05) is 11.2 Å². The smallest absolute Gasteiger partial charge is 0.358 e. The summed E-state index contributed by atoms with van der Waals surface area (Å²) < 4.78 is 2.68. The Bertz CT molecular complexity index is 1060. The van der Waals surface area contributed by atoms with E-state index in [9.17, 15) is 14.9 Å². The molecule has 0 saturated carbocycles. The molecule has 0 aliphatic carbocycles. The minimum absolute atomic E-state index is 0.111. The van der Waals surface area contributed by atoms with Crippen molar-refractivity contribution in [2.45, 2.75) is 20.0 Å². The molecule has 9 nitrogen and oxygen atoms in total. The van der Waals surface area contributed by atoms with Gasteiger partial charge >= 0.3 is 5.82 Å². The predicted octanol–water partition coefficient (Wildman–Crippen LogP) is 3.94. The highest BCUT2D eigenvalue weighted by Gasteiger charge is 2.25. The van der Waals surface area contributed by atoms with Gasteiger partial charge in [-0.05, 0) is 23.5 Å². The summed E-state index contributed by atoms with van der Waals surface area (Å²) in [4.78, 5) is 22.5. The Balaban J connectivity index is 1.71. The number of hydrogen-bond acceptors (Lipinski definition) is 5. The van der Waals surface area contributed by atoms with E-state index in [-0.39, 0.29) is 22.4 Å². The van der Waals surface area contributed by atoms with Gasteiger partial charge in [0.1, 0.15) is 11.6 Å². The van der Waals surface area contributed by atoms with Gasteiger partial charge in [0.2, 0.25) is 5.91 Å². The lowest BCUT2D eigenvalue weighted by molar-refractivity contribution is -0.389. The number of carbonyl (C=O) groups excluding carboxylic acids is 1. The molecule has 0 atom stereocenters. The second-order valence-corrected chi connectivity index (χ2v) is 6.99. The number of anilines is 1. The number of hydrogen-bond donors (Lipinski definition) is 1. The molecule has 0 saturated heterocycles. The Morgan fingerprint density at radius 3 is 2.57 bits per heavy atom. The van der Waals surface area contributed by atoms with Gasteiger partial charge in [-0.15, -0.1) is 0 Å². The summed E-state index contributed by atoms with van der Waals surface area (Å²) in [5.74, 6) is -0.861. The van der Waals surface area contributed by atoms with Crippen LogP contribution in [0.1, 0.15) is 11.3 Å². The Kier molecular flexibility index (Phi) is 5.87. The van der Waals surface area contributed by atoms with Crippen LogP contribution in [0.4, 0.5) is 11.6 Å². The number of nitrogens with one attached hydrogen (secondary N) is 1. The molecule has 0 radical (unpaired) electrons. The Morgan fingerprint density at radius 1 is 1.21 bits per heavy atom. The van der Waals surface area contributed by atoms with Crippen LogP contribution >= 0.6 is 34.8 Å². The number of amides is 1. The van der Waals surface area contributed by atoms with Crippen LogP contribution in [-0.4, -0.2) is 30.4 Å². The van der Waals surface area contributed by atoms with Gasteiger partial charge in [0.05, 0.1) is 17.3 Å². The summed E-state index contributed by atoms with van der Waals surface area (Å²) in [6, 6.07) is 7.29. The quantitative estimate of drug-likeness (QED) is 0.458. The van der Waals surface area contributed by atoms with Crippen molar-refractivity contribution in [3.05, 3.63) is 66.9 Å². The van der Waals surface area contributed by atoms with Crippen molar-refractivity contribution in [1.82, 2.24) is 19.6 Å². The molecule has 0 spiro atoms. The molecule has 12 heteroatoms. The first-order valence-corrected chi connectivity index (χ1v) is 9.03. The monoisotopic (exact) mass is 442 g/mol. The average Bonchev–Trinajstić information content (AvgIpc) is 3.11. The van der Waals surface area contributed by atoms with Gasteiger partial charge in [0.25, 0.3) is 0 Å². The fraction of sp³-hybridized carbons (Fsp3) is 0.188. The van der Waals surface area contributed by atoms with Gasteiger partial charge < -0.3 is 15.4 Å². The molecule has 0 aliphatic heterocycles. The first-order chi connectivity index (χ1) is 13.3. The summed E-state index contributed by atoms with van der Waals surface area (Å²) in [5.41, 5.74) is 1.15. The van der Waals surface area contributed by atoms with Crippen LogP contribution in [0.15, 0.2) is 30.5 Å². The fourth-order valence-electron chi connectivity index (χ4n) is 2.45. The molecule has 28 heavy (non-hydrogen) atoms. The number of carbonyl (C=O) groups is 1. The molecular weight excluding hydrogens is 431 g/mol. The minimum Gasteiger partial charge on any atom is -0.358 e. The lowest BCUT2D eigenvalue weighted by Crippen LogP contribution is -2.21. The largest absolute Gasteiger partial charge is 0.408 e. The Morgan fingerprint density at radius 2 is 1.93 bits per heavy atom. The Labute approximate surface area is 173 Å². The van der Waals surface area contributed by atoms with E-state index in [2.05, 4.69) is 15.5 Å². The first-order valence-electron chi connectivity index (χ1n) is 7.89. The van der Waals surface area contributed by atoms with E-state index in [0.29, 0.717) is 17.3 Å². The van der Waals surface area contributed by atoms with E-state index in [0.717, 1.165) is 10.2 Å². The molecule has 1 amide bonds. The summed E-state index contributed by atoms with van der Waals surface area (Å²) in [5, 5.41) is 22.1. The molecule has 2 heterocycles. The summed E-state index contributed by atoms with van der Waals surface area (Å²) >= 11 is 18.1. The van der Waals surface area contributed by atoms with Gasteiger partial charge in [-0.2, -0.15) is 9.78 Å². The zero-order chi connectivity index (χ0) is 20.4. The van der Waals surface area contributed by atoms with Crippen molar-refractivity contribution >= 4 is 52.3 Å². The maximum atomic E-state index is 12.3. The van der Waals surface area contributed by atoms with E-state index in [1.807, 2.05) is 18.2 Å². The predicted molar refractivity (Wildman–Crippen MR) is 105 cm³/mol. The minimum atomic E-state index is -0.711. The third kappa shape index (κ3) is 4.27. The van der Waals surface area contributed by atoms with E-state index in [1.165, 1.54) is 6.92 Å². The number of nitrogens with zero attached hydrogens (tertiary/aromatic N) is 5. The molecule has 1 aromatic carbocycles. The highest BCUT2D eigenvalue weighted by atomic mass is 35.5. The van der Waals surface area contributed by atoms with Crippen LogP contribution in [0.2, 0.25) is 15.1 Å². The lowest BCUT2D eigenvalue weighted by Gasteiger charge is -2.04. The maximum Gasteiger partial charge on any atom is 0.408 e. The van der Waals surface area contributed by atoms with Gasteiger partial charge in [0.15, 0.2) is 10.8 Å². The van der Waals surface area contributed by atoms with Crippen molar-refractivity contribution in [2.75, 3.05) is 5.32 Å². The fourth-order valence-corrected chi connectivity index (χ4v) is 3.05. The average molecular weight is 444 g/mol. The molecule has 0 aliphatic rings. The van der Waals surface area contributed by atoms with Crippen molar-refractivity contribution in [2.24, 2.45) is 0 Å². The van der Waals surface area contributed by atoms with Crippen LogP contribution in [0.5, 0.6) is 0 Å². The van der Waals surface area contributed by atoms with E-state index in [1.54, 1.807) is 16.9 Å². The first kappa shape index (κ1) is 20.1. The van der Waals surface area contributed by atoms with Gasteiger partial charge in [-0.1, -0.05) is 53.0 Å². The highest BCUT2D eigenvalue weighted by molar-refractivity contribution is 6.33. The lowest BCUT2D eigenvalue weighted by atomic mass is 10.2. The number of halogens is 3. The molecule has 1 N–H and O–H groups in total. The van der Waals surface area contributed by atoms with Crippen LogP contribution in [0, 0.1) is 17.0 Å². The number of nitro groups is 1. The summed E-state index contributed by atoms with van der Waals surface area (Å²) in [6.45, 7) is 1.61. The molecule has 0 bridgehead atoms. The van der Waals surface area contributed by atoms with Gasteiger partial charge in [-0.25, -0.2) is 0 Å². The third-order valence-corrected chi connectivity index (χ3v) is 4.94. The highest BCUT2D eigenvalue weighted by Crippen LogP contribution is 2.26. The topological polar surface area (TPSA) is 108 Å². The second kappa shape index (κ2) is 8.17. The van der Waals surface area contributed by atoms with Gasteiger partial charge in [-0.3, -0.25) is 9.48 Å². The van der Waals surface area contributed by atoms with E-state index < -0.39 is 16.6 Å². The van der Waals surface area contributed by atoms with E-state index >= 15 is 0 Å².